The summed E-state index contributed by atoms with van der Waals surface area (Å²) < 4.78 is 0. The van der Waals surface area contributed by atoms with Crippen LogP contribution in [0.25, 0.3) is 0 Å². The van der Waals surface area contributed by atoms with Crippen LogP contribution in [0.5, 0.6) is 5.75 Å². The lowest BCUT2D eigenvalue weighted by Gasteiger charge is -2.45. The number of nitrogens with zero attached hydrogens (tertiary/aromatic N) is 1. The molecule has 2 aliphatic rings. The molecule has 0 spiro atoms. The van der Waals surface area contributed by atoms with Gasteiger partial charge >= 0.3 is 0 Å². The first-order valence-corrected chi connectivity index (χ1v) is 8.76. The topological polar surface area (TPSA) is 23.5 Å². The molecule has 0 radical (unpaired) electrons. The number of benzene rings is 1. The fraction of sp³-hybridized carbons (Fsp3) is 0.600. The lowest BCUT2D eigenvalue weighted by Crippen LogP contribution is -2.47. The third-order valence-corrected chi connectivity index (χ3v) is 6.00. The van der Waals surface area contributed by atoms with Gasteiger partial charge in [-0.15, -0.1) is 12.4 Å². The van der Waals surface area contributed by atoms with Gasteiger partial charge in [-0.25, -0.2) is 0 Å². The Morgan fingerprint density at radius 2 is 2.17 bits per heavy atom. The quantitative estimate of drug-likeness (QED) is 0.801. The standard InChI is InChI=1S/C20H29NO.ClH/c1-16-15-21(12-10-17-6-3-4-7-17)13-11-20(16,2)18-8-5-9-19(22)14-18;/h3,5-6,8-9,14,16-17,22H,4,7,10-13,15H2,1-2H3;1H/t16-,17?,20-;/m0./s1. The van der Waals surface area contributed by atoms with Crippen molar-refractivity contribution in [1.29, 1.82) is 0 Å². The van der Waals surface area contributed by atoms with Crippen molar-refractivity contribution in [2.75, 3.05) is 19.6 Å². The molecule has 1 heterocycles. The number of hydrogen-bond donors (Lipinski definition) is 1. The molecule has 1 N–H and O–H groups in total. The van der Waals surface area contributed by atoms with E-state index in [1.54, 1.807) is 6.07 Å². The van der Waals surface area contributed by atoms with Gasteiger partial charge in [-0.1, -0.05) is 38.1 Å². The van der Waals surface area contributed by atoms with Gasteiger partial charge < -0.3 is 10.0 Å². The summed E-state index contributed by atoms with van der Waals surface area (Å²) in [5.74, 6) is 1.82. The van der Waals surface area contributed by atoms with Gasteiger partial charge in [-0.05, 0) is 73.7 Å². The van der Waals surface area contributed by atoms with Crippen molar-refractivity contribution in [3.8, 4) is 5.75 Å². The van der Waals surface area contributed by atoms with E-state index in [4.69, 9.17) is 0 Å². The van der Waals surface area contributed by atoms with Crippen LogP contribution < -0.4 is 0 Å². The molecule has 1 aromatic carbocycles. The molecule has 3 atom stereocenters. The largest absolute Gasteiger partial charge is 0.508 e. The molecule has 0 amide bonds. The van der Waals surface area contributed by atoms with Crippen LogP contribution in [0.4, 0.5) is 0 Å². The number of likely N-dealkylation sites (tertiary alicyclic amines) is 1. The van der Waals surface area contributed by atoms with Crippen LogP contribution in [0, 0.1) is 11.8 Å². The van der Waals surface area contributed by atoms with Gasteiger partial charge in [0.05, 0.1) is 0 Å². The number of phenols is 1. The normalized spacial score (nSPS) is 31.0. The number of allylic oxidation sites excluding steroid dienone is 2. The van der Waals surface area contributed by atoms with Crippen LogP contribution in [0.15, 0.2) is 36.4 Å². The summed E-state index contributed by atoms with van der Waals surface area (Å²) in [6.07, 6.45) is 9.86. The van der Waals surface area contributed by atoms with Gasteiger partial charge in [0.25, 0.3) is 0 Å². The van der Waals surface area contributed by atoms with Gasteiger partial charge in [0.15, 0.2) is 0 Å². The van der Waals surface area contributed by atoms with E-state index in [-0.39, 0.29) is 17.8 Å². The minimum absolute atomic E-state index is 0. The van der Waals surface area contributed by atoms with Gasteiger partial charge in [-0.2, -0.15) is 0 Å². The number of piperidine rings is 1. The van der Waals surface area contributed by atoms with Crippen molar-refractivity contribution in [2.24, 2.45) is 11.8 Å². The maximum absolute atomic E-state index is 9.79. The molecule has 0 saturated carbocycles. The molecule has 2 nitrogen and oxygen atoms in total. The van der Waals surface area contributed by atoms with E-state index >= 15 is 0 Å². The highest BCUT2D eigenvalue weighted by atomic mass is 35.5. The number of aromatic hydroxyl groups is 1. The maximum Gasteiger partial charge on any atom is 0.115 e. The van der Waals surface area contributed by atoms with Crippen molar-refractivity contribution >= 4 is 12.4 Å². The summed E-state index contributed by atoms with van der Waals surface area (Å²) >= 11 is 0. The van der Waals surface area contributed by atoms with E-state index in [0.29, 0.717) is 11.7 Å². The van der Waals surface area contributed by atoms with E-state index in [0.717, 1.165) is 5.92 Å². The molecule has 1 aromatic rings. The van der Waals surface area contributed by atoms with Gasteiger partial charge in [0.2, 0.25) is 0 Å². The molecule has 1 fully saturated rings. The fourth-order valence-corrected chi connectivity index (χ4v) is 4.09. The Labute approximate surface area is 147 Å². The highest BCUT2D eigenvalue weighted by Gasteiger charge is 2.38. The first-order valence-electron chi connectivity index (χ1n) is 8.76. The second-order valence-corrected chi connectivity index (χ2v) is 7.47. The summed E-state index contributed by atoms with van der Waals surface area (Å²) in [6, 6.07) is 7.87. The van der Waals surface area contributed by atoms with Gasteiger partial charge in [0.1, 0.15) is 5.75 Å². The molecule has 1 aliphatic heterocycles. The molecular formula is C20H30ClNO. The maximum atomic E-state index is 9.79. The summed E-state index contributed by atoms with van der Waals surface area (Å²) in [5.41, 5.74) is 1.47. The number of phenolic OH excluding ortho intramolecular Hbond substituents is 1. The van der Waals surface area contributed by atoms with Crippen LogP contribution in [-0.4, -0.2) is 29.6 Å². The molecule has 1 saturated heterocycles. The number of hydrogen-bond acceptors (Lipinski definition) is 2. The van der Waals surface area contributed by atoms with E-state index in [9.17, 15) is 5.11 Å². The van der Waals surface area contributed by atoms with Crippen LogP contribution in [0.3, 0.4) is 0 Å². The Morgan fingerprint density at radius 3 is 2.83 bits per heavy atom. The van der Waals surface area contributed by atoms with Crippen molar-refractivity contribution in [3.05, 3.63) is 42.0 Å². The number of halogens is 1. The smallest absolute Gasteiger partial charge is 0.115 e. The monoisotopic (exact) mass is 335 g/mol. The van der Waals surface area contributed by atoms with Crippen molar-refractivity contribution in [1.82, 2.24) is 4.90 Å². The summed E-state index contributed by atoms with van der Waals surface area (Å²) in [5, 5.41) is 9.79. The summed E-state index contributed by atoms with van der Waals surface area (Å²) in [6.45, 7) is 8.31. The Balaban J connectivity index is 0.00000192. The predicted molar refractivity (Wildman–Crippen MR) is 99.4 cm³/mol. The predicted octanol–water partition coefficient (Wildman–Crippen LogP) is 4.77. The molecule has 128 valence electrons. The van der Waals surface area contributed by atoms with Gasteiger partial charge in [0, 0.05) is 6.54 Å². The lowest BCUT2D eigenvalue weighted by molar-refractivity contribution is 0.107. The molecule has 3 heteroatoms. The highest BCUT2D eigenvalue weighted by Crippen LogP contribution is 2.40. The van der Waals surface area contributed by atoms with Crippen molar-refractivity contribution < 1.29 is 5.11 Å². The van der Waals surface area contributed by atoms with Crippen LogP contribution in [0.1, 0.15) is 45.1 Å². The van der Waals surface area contributed by atoms with E-state index in [1.807, 2.05) is 12.1 Å². The Kier molecular flexibility index (Phi) is 6.16. The molecular weight excluding hydrogens is 306 g/mol. The average Bonchev–Trinajstić information content (AvgIpc) is 3.02. The molecule has 1 unspecified atom stereocenters. The van der Waals surface area contributed by atoms with Crippen LogP contribution >= 0.6 is 12.4 Å². The second-order valence-electron chi connectivity index (χ2n) is 7.47. The molecule has 3 rings (SSSR count). The Morgan fingerprint density at radius 1 is 1.35 bits per heavy atom. The minimum Gasteiger partial charge on any atom is -0.508 e. The lowest BCUT2D eigenvalue weighted by atomic mass is 9.68. The summed E-state index contributed by atoms with van der Waals surface area (Å²) in [4.78, 5) is 2.64. The zero-order chi connectivity index (χ0) is 15.6. The Bertz CT molecular complexity index is 544. The zero-order valence-electron chi connectivity index (χ0n) is 14.4. The van der Waals surface area contributed by atoms with Crippen molar-refractivity contribution in [3.63, 3.8) is 0 Å². The van der Waals surface area contributed by atoms with Crippen molar-refractivity contribution in [2.45, 2.75) is 44.9 Å². The first kappa shape index (κ1) is 18.4. The van der Waals surface area contributed by atoms with E-state index < -0.39 is 0 Å². The first-order chi connectivity index (χ1) is 10.6. The summed E-state index contributed by atoms with van der Waals surface area (Å²) in [7, 11) is 0. The average molecular weight is 336 g/mol. The fourth-order valence-electron chi connectivity index (χ4n) is 4.09. The third kappa shape index (κ3) is 4.10. The van der Waals surface area contributed by atoms with E-state index in [1.165, 1.54) is 50.9 Å². The number of rotatable bonds is 4. The molecule has 1 aliphatic carbocycles. The van der Waals surface area contributed by atoms with Crippen LogP contribution in [-0.2, 0) is 5.41 Å². The second kappa shape index (κ2) is 7.72. The zero-order valence-corrected chi connectivity index (χ0v) is 15.2. The SMILES string of the molecule is C[C@H]1CN(CCC2C=CCC2)CC[C@]1(C)c1cccc(O)c1.Cl. The molecule has 0 aromatic heterocycles. The molecule has 0 bridgehead atoms. The minimum atomic E-state index is 0. The van der Waals surface area contributed by atoms with Gasteiger partial charge in [-0.3, -0.25) is 0 Å². The molecule has 23 heavy (non-hydrogen) atoms. The highest BCUT2D eigenvalue weighted by molar-refractivity contribution is 5.85. The third-order valence-electron chi connectivity index (χ3n) is 6.00. The Hall–Kier alpha value is -0.990. The van der Waals surface area contributed by atoms with E-state index in [2.05, 4.69) is 37.0 Å². The van der Waals surface area contributed by atoms with Crippen LogP contribution in [0.2, 0.25) is 0 Å².